The lowest BCUT2D eigenvalue weighted by Crippen LogP contribution is -2.05. The Bertz CT molecular complexity index is 728. The molecule has 0 amide bonds. The van der Waals surface area contributed by atoms with Crippen LogP contribution in [0.5, 0.6) is 5.75 Å². The molecule has 5 nitrogen and oxygen atoms in total. The van der Waals surface area contributed by atoms with E-state index < -0.39 is 4.92 Å². The number of hydrogen-bond acceptors (Lipinski definition) is 4. The Hall–Kier alpha value is -2.40. The molecule has 0 spiro atoms. The molecule has 0 aromatic heterocycles. The Morgan fingerprint density at radius 1 is 1.19 bits per heavy atom. The van der Waals surface area contributed by atoms with E-state index in [2.05, 4.69) is 0 Å². The molecule has 6 heteroatoms. The number of non-ortho nitro benzene ring substituents is 1. The number of nitro groups is 1. The second-order valence-electron chi connectivity index (χ2n) is 4.43. The molecule has 2 aromatic rings. The van der Waals surface area contributed by atoms with Crippen LogP contribution in [0.2, 0.25) is 5.02 Å². The highest BCUT2D eigenvalue weighted by molar-refractivity contribution is 6.35. The number of carbonyl (C=O) groups excluding carboxylic acids is 1. The number of halogens is 1. The van der Waals surface area contributed by atoms with Crippen molar-refractivity contribution >= 4 is 23.1 Å². The largest absolute Gasteiger partial charge is 0.497 e. The van der Waals surface area contributed by atoms with Gasteiger partial charge in [-0.1, -0.05) is 11.6 Å². The molecule has 21 heavy (non-hydrogen) atoms. The minimum Gasteiger partial charge on any atom is -0.497 e. The fourth-order valence-electron chi connectivity index (χ4n) is 1.96. The van der Waals surface area contributed by atoms with Crippen LogP contribution in [0.4, 0.5) is 5.69 Å². The summed E-state index contributed by atoms with van der Waals surface area (Å²) in [6.07, 6.45) is 0. The van der Waals surface area contributed by atoms with Crippen LogP contribution in [0.25, 0.3) is 0 Å². The average Bonchev–Trinajstić information content (AvgIpc) is 2.46. The number of hydrogen-bond donors (Lipinski definition) is 0. The van der Waals surface area contributed by atoms with Crippen LogP contribution >= 0.6 is 11.6 Å². The van der Waals surface area contributed by atoms with Gasteiger partial charge in [0.05, 0.1) is 17.1 Å². The van der Waals surface area contributed by atoms with Crippen LogP contribution in [0.15, 0.2) is 36.4 Å². The van der Waals surface area contributed by atoms with Crippen LogP contribution < -0.4 is 4.74 Å². The van der Waals surface area contributed by atoms with Crippen LogP contribution in [0, 0.1) is 17.0 Å². The lowest BCUT2D eigenvalue weighted by Gasteiger charge is -2.08. The van der Waals surface area contributed by atoms with Crippen molar-refractivity contribution in [2.75, 3.05) is 7.11 Å². The number of ketones is 1. The van der Waals surface area contributed by atoms with Crippen molar-refractivity contribution in [3.8, 4) is 5.75 Å². The van der Waals surface area contributed by atoms with Crippen molar-refractivity contribution < 1.29 is 14.5 Å². The van der Waals surface area contributed by atoms with Gasteiger partial charge in [0.25, 0.3) is 5.69 Å². The normalized spacial score (nSPS) is 10.2. The van der Waals surface area contributed by atoms with Crippen molar-refractivity contribution in [3.05, 3.63) is 68.2 Å². The molecule has 0 saturated heterocycles. The highest BCUT2D eigenvalue weighted by Crippen LogP contribution is 2.26. The number of aryl methyl sites for hydroxylation is 1. The van der Waals surface area contributed by atoms with Crippen molar-refractivity contribution in [2.45, 2.75) is 6.92 Å². The van der Waals surface area contributed by atoms with E-state index in [-0.39, 0.29) is 22.1 Å². The number of benzene rings is 2. The van der Waals surface area contributed by atoms with Gasteiger partial charge in [0.15, 0.2) is 5.78 Å². The maximum absolute atomic E-state index is 12.5. The lowest BCUT2D eigenvalue weighted by atomic mass is 9.98. The third-order valence-electron chi connectivity index (χ3n) is 3.09. The van der Waals surface area contributed by atoms with Gasteiger partial charge in [-0.25, -0.2) is 0 Å². The molecule has 0 radical (unpaired) electrons. The first-order valence-corrected chi connectivity index (χ1v) is 6.45. The number of nitrogens with zero attached hydrogens (tertiary/aromatic N) is 1. The van der Waals surface area contributed by atoms with Gasteiger partial charge in [0.1, 0.15) is 5.75 Å². The fourth-order valence-corrected chi connectivity index (χ4v) is 2.23. The summed E-state index contributed by atoms with van der Waals surface area (Å²) in [6, 6.07) is 8.87. The maximum Gasteiger partial charge on any atom is 0.270 e. The SMILES string of the molecule is COc1ccc(C(=O)c2ccc([N+](=O)[O-])cc2Cl)c(C)c1. The van der Waals surface area contributed by atoms with E-state index >= 15 is 0 Å². The van der Waals surface area contributed by atoms with E-state index in [4.69, 9.17) is 16.3 Å². The molecule has 0 aliphatic carbocycles. The van der Waals surface area contributed by atoms with Crippen molar-refractivity contribution in [2.24, 2.45) is 0 Å². The van der Waals surface area contributed by atoms with E-state index in [1.807, 2.05) is 0 Å². The van der Waals surface area contributed by atoms with Crippen LogP contribution in [0.3, 0.4) is 0 Å². The van der Waals surface area contributed by atoms with Gasteiger partial charge in [-0.3, -0.25) is 14.9 Å². The Kier molecular flexibility index (Phi) is 4.23. The summed E-state index contributed by atoms with van der Waals surface area (Å²) in [4.78, 5) is 22.6. The Labute approximate surface area is 126 Å². The second-order valence-corrected chi connectivity index (χ2v) is 4.84. The van der Waals surface area contributed by atoms with Crippen LogP contribution in [0.1, 0.15) is 21.5 Å². The molecule has 2 aromatic carbocycles. The quantitative estimate of drug-likeness (QED) is 0.489. The number of ether oxygens (including phenoxy) is 1. The summed E-state index contributed by atoms with van der Waals surface area (Å²) < 4.78 is 5.09. The minimum atomic E-state index is -0.557. The van der Waals surface area contributed by atoms with E-state index in [0.717, 1.165) is 5.56 Å². The minimum absolute atomic E-state index is 0.0596. The molecule has 2 rings (SSSR count). The first kappa shape index (κ1) is 15.0. The molecular formula is C15H12ClNO4. The zero-order valence-corrected chi connectivity index (χ0v) is 12.2. The maximum atomic E-state index is 12.5. The van der Waals surface area contributed by atoms with Gasteiger partial charge in [-0.05, 0) is 36.8 Å². The number of carbonyl (C=O) groups is 1. The molecule has 0 bridgehead atoms. The van der Waals surface area contributed by atoms with Gasteiger partial charge >= 0.3 is 0 Å². The van der Waals surface area contributed by atoms with Crippen molar-refractivity contribution in [3.63, 3.8) is 0 Å². The van der Waals surface area contributed by atoms with Crippen LogP contribution in [-0.4, -0.2) is 17.8 Å². The van der Waals surface area contributed by atoms with E-state index in [0.29, 0.717) is 11.3 Å². The first-order chi connectivity index (χ1) is 9.93. The Morgan fingerprint density at radius 2 is 1.86 bits per heavy atom. The summed E-state index contributed by atoms with van der Waals surface area (Å²) in [6.45, 7) is 1.79. The standard InChI is InChI=1S/C15H12ClNO4/c1-9-7-11(21-2)4-6-12(9)15(18)13-5-3-10(17(19)20)8-14(13)16/h3-8H,1-2H3. The zero-order chi connectivity index (χ0) is 15.6. The molecule has 0 atom stereocenters. The fraction of sp³-hybridized carbons (Fsp3) is 0.133. The third kappa shape index (κ3) is 3.03. The highest BCUT2D eigenvalue weighted by Gasteiger charge is 2.18. The monoisotopic (exact) mass is 305 g/mol. The van der Waals surface area contributed by atoms with Gasteiger partial charge in [0.2, 0.25) is 0 Å². The summed E-state index contributed by atoms with van der Waals surface area (Å²) >= 11 is 5.98. The highest BCUT2D eigenvalue weighted by atomic mass is 35.5. The molecule has 0 heterocycles. The van der Waals surface area contributed by atoms with Gasteiger partial charge < -0.3 is 4.74 Å². The molecule has 0 aliphatic rings. The Morgan fingerprint density at radius 3 is 2.38 bits per heavy atom. The molecule has 0 aliphatic heterocycles. The molecule has 0 fully saturated rings. The molecule has 108 valence electrons. The molecular weight excluding hydrogens is 294 g/mol. The molecule has 0 N–H and O–H groups in total. The van der Waals surface area contributed by atoms with E-state index in [1.54, 1.807) is 32.2 Å². The molecule has 0 unspecified atom stereocenters. The van der Waals surface area contributed by atoms with Crippen LogP contribution in [-0.2, 0) is 0 Å². The van der Waals surface area contributed by atoms with E-state index in [1.165, 1.54) is 18.2 Å². The predicted molar refractivity (Wildman–Crippen MR) is 79.3 cm³/mol. The number of nitro benzene ring substituents is 1. The van der Waals surface area contributed by atoms with Crippen molar-refractivity contribution in [1.29, 1.82) is 0 Å². The topological polar surface area (TPSA) is 69.4 Å². The predicted octanol–water partition coefficient (Wildman–Crippen LogP) is 3.80. The number of methoxy groups -OCH3 is 1. The smallest absolute Gasteiger partial charge is 0.270 e. The molecule has 0 saturated carbocycles. The summed E-state index contributed by atoms with van der Waals surface area (Å²) in [5, 5.41) is 10.7. The number of rotatable bonds is 4. The zero-order valence-electron chi connectivity index (χ0n) is 11.4. The average molecular weight is 306 g/mol. The van der Waals surface area contributed by atoms with E-state index in [9.17, 15) is 14.9 Å². The summed E-state index contributed by atoms with van der Waals surface area (Å²) in [5.74, 6) is 0.369. The third-order valence-corrected chi connectivity index (χ3v) is 3.40. The summed E-state index contributed by atoms with van der Waals surface area (Å²) in [7, 11) is 1.55. The first-order valence-electron chi connectivity index (χ1n) is 6.07. The summed E-state index contributed by atoms with van der Waals surface area (Å²) in [5.41, 5.74) is 1.30. The van der Waals surface area contributed by atoms with Crippen molar-refractivity contribution in [1.82, 2.24) is 0 Å². The second kappa shape index (κ2) is 5.93. The van der Waals surface area contributed by atoms with Gasteiger partial charge in [-0.15, -0.1) is 0 Å². The van der Waals surface area contributed by atoms with Gasteiger partial charge in [0, 0.05) is 23.3 Å². The van der Waals surface area contributed by atoms with Gasteiger partial charge in [-0.2, -0.15) is 0 Å². The Balaban J connectivity index is 2.43. The lowest BCUT2D eigenvalue weighted by molar-refractivity contribution is -0.384.